The number of nitrogens with zero attached hydrogens (tertiary/aromatic N) is 1. The van der Waals surface area contributed by atoms with Crippen LogP contribution in [0.4, 0.5) is 0 Å². The van der Waals surface area contributed by atoms with Gasteiger partial charge in [0.2, 0.25) is 5.91 Å². The first kappa shape index (κ1) is 11.2. The molecule has 1 saturated heterocycles. The number of piperidine rings is 1. The summed E-state index contributed by atoms with van der Waals surface area (Å²) in [5.74, 6) is 0.217. The molecule has 1 fully saturated rings. The standard InChI is InChI=1S/C11H20N2O/c1-3-5-11(14)13(4-2)10-6-8-12-9-7-10/h3,10,12H,1,4-9H2,2H3. The summed E-state index contributed by atoms with van der Waals surface area (Å²) in [5, 5.41) is 3.31. The minimum Gasteiger partial charge on any atom is -0.340 e. The summed E-state index contributed by atoms with van der Waals surface area (Å²) in [6.07, 6.45) is 4.32. The first-order chi connectivity index (χ1) is 6.79. The molecule has 0 aliphatic carbocycles. The molecule has 1 amide bonds. The van der Waals surface area contributed by atoms with E-state index in [1.807, 2.05) is 11.8 Å². The molecule has 0 saturated carbocycles. The van der Waals surface area contributed by atoms with Crippen molar-refractivity contribution in [1.29, 1.82) is 0 Å². The van der Waals surface area contributed by atoms with Crippen molar-refractivity contribution in [1.82, 2.24) is 10.2 Å². The normalized spacial score (nSPS) is 17.8. The fourth-order valence-corrected chi connectivity index (χ4v) is 2.00. The molecular formula is C11H20N2O. The average Bonchev–Trinajstić information content (AvgIpc) is 2.21. The zero-order valence-electron chi connectivity index (χ0n) is 8.96. The minimum absolute atomic E-state index is 0.217. The highest BCUT2D eigenvalue weighted by molar-refractivity contribution is 5.77. The SMILES string of the molecule is C=CCC(=O)N(CC)C1CCNCC1. The second-order valence-corrected chi connectivity index (χ2v) is 3.65. The Morgan fingerprint density at radius 1 is 1.57 bits per heavy atom. The van der Waals surface area contributed by atoms with Crippen LogP contribution in [0.2, 0.25) is 0 Å². The molecule has 0 aromatic rings. The second kappa shape index (κ2) is 5.81. The van der Waals surface area contributed by atoms with Crippen LogP contribution in [0.25, 0.3) is 0 Å². The molecule has 1 N–H and O–H groups in total. The van der Waals surface area contributed by atoms with Gasteiger partial charge in [0, 0.05) is 19.0 Å². The monoisotopic (exact) mass is 196 g/mol. The largest absolute Gasteiger partial charge is 0.340 e. The Hall–Kier alpha value is -0.830. The van der Waals surface area contributed by atoms with Crippen molar-refractivity contribution in [3.05, 3.63) is 12.7 Å². The third-order valence-electron chi connectivity index (χ3n) is 2.73. The molecule has 1 aliphatic heterocycles. The summed E-state index contributed by atoms with van der Waals surface area (Å²) in [5.41, 5.74) is 0. The number of rotatable bonds is 4. The lowest BCUT2D eigenvalue weighted by Crippen LogP contribution is -2.45. The van der Waals surface area contributed by atoms with Gasteiger partial charge in [0.05, 0.1) is 0 Å². The van der Waals surface area contributed by atoms with Crippen LogP contribution in [0.5, 0.6) is 0 Å². The predicted molar refractivity (Wildman–Crippen MR) is 58.1 cm³/mol. The molecule has 0 aromatic heterocycles. The summed E-state index contributed by atoms with van der Waals surface area (Å²) in [6, 6.07) is 0.439. The van der Waals surface area contributed by atoms with Gasteiger partial charge in [-0.25, -0.2) is 0 Å². The van der Waals surface area contributed by atoms with E-state index in [9.17, 15) is 4.79 Å². The van der Waals surface area contributed by atoms with Gasteiger partial charge >= 0.3 is 0 Å². The number of hydrogen-bond acceptors (Lipinski definition) is 2. The van der Waals surface area contributed by atoms with E-state index >= 15 is 0 Å². The van der Waals surface area contributed by atoms with Gasteiger partial charge < -0.3 is 10.2 Å². The molecule has 0 aromatic carbocycles. The number of amides is 1. The zero-order chi connectivity index (χ0) is 10.4. The van der Waals surface area contributed by atoms with Crippen LogP contribution in [-0.2, 0) is 4.79 Å². The van der Waals surface area contributed by atoms with E-state index in [1.165, 1.54) is 0 Å². The highest BCUT2D eigenvalue weighted by Gasteiger charge is 2.22. The fraction of sp³-hybridized carbons (Fsp3) is 0.727. The van der Waals surface area contributed by atoms with Gasteiger partial charge in [-0.2, -0.15) is 0 Å². The maximum Gasteiger partial charge on any atom is 0.226 e. The van der Waals surface area contributed by atoms with E-state index < -0.39 is 0 Å². The smallest absolute Gasteiger partial charge is 0.226 e. The molecule has 0 atom stereocenters. The molecule has 1 heterocycles. The lowest BCUT2D eigenvalue weighted by molar-refractivity contribution is -0.132. The Morgan fingerprint density at radius 3 is 2.71 bits per heavy atom. The number of hydrogen-bond donors (Lipinski definition) is 1. The van der Waals surface area contributed by atoms with Gasteiger partial charge in [-0.05, 0) is 32.9 Å². The van der Waals surface area contributed by atoms with Gasteiger partial charge in [-0.1, -0.05) is 6.08 Å². The van der Waals surface area contributed by atoms with Crippen LogP contribution in [0.1, 0.15) is 26.2 Å². The van der Waals surface area contributed by atoms with Gasteiger partial charge in [-0.3, -0.25) is 4.79 Å². The Balaban J connectivity index is 2.50. The van der Waals surface area contributed by atoms with Crippen LogP contribution in [-0.4, -0.2) is 36.5 Å². The van der Waals surface area contributed by atoms with Crippen molar-refractivity contribution in [2.45, 2.75) is 32.2 Å². The van der Waals surface area contributed by atoms with Gasteiger partial charge in [-0.15, -0.1) is 6.58 Å². The van der Waals surface area contributed by atoms with Gasteiger partial charge in [0.15, 0.2) is 0 Å². The van der Waals surface area contributed by atoms with E-state index in [-0.39, 0.29) is 5.91 Å². The number of carbonyl (C=O) groups excluding carboxylic acids is 1. The second-order valence-electron chi connectivity index (χ2n) is 3.65. The molecule has 0 radical (unpaired) electrons. The maximum absolute atomic E-state index is 11.7. The van der Waals surface area contributed by atoms with Crippen molar-refractivity contribution >= 4 is 5.91 Å². The van der Waals surface area contributed by atoms with Crippen molar-refractivity contribution in [3.8, 4) is 0 Å². The number of nitrogens with one attached hydrogen (secondary N) is 1. The van der Waals surface area contributed by atoms with Gasteiger partial charge in [0.1, 0.15) is 0 Å². The molecule has 1 rings (SSSR count). The summed E-state index contributed by atoms with van der Waals surface area (Å²) in [7, 11) is 0. The molecule has 0 spiro atoms. The fourth-order valence-electron chi connectivity index (χ4n) is 2.00. The predicted octanol–water partition coefficient (Wildman–Crippen LogP) is 1.16. The maximum atomic E-state index is 11.7. The topological polar surface area (TPSA) is 32.3 Å². The first-order valence-electron chi connectivity index (χ1n) is 5.40. The van der Waals surface area contributed by atoms with Crippen LogP contribution in [0.15, 0.2) is 12.7 Å². The van der Waals surface area contributed by atoms with E-state index in [2.05, 4.69) is 11.9 Å². The average molecular weight is 196 g/mol. The van der Waals surface area contributed by atoms with Gasteiger partial charge in [0.25, 0.3) is 0 Å². The lowest BCUT2D eigenvalue weighted by Gasteiger charge is -2.33. The Bertz CT molecular complexity index is 197. The minimum atomic E-state index is 0.217. The lowest BCUT2D eigenvalue weighted by atomic mass is 10.0. The summed E-state index contributed by atoms with van der Waals surface area (Å²) < 4.78 is 0. The Morgan fingerprint density at radius 2 is 2.21 bits per heavy atom. The molecule has 3 heteroatoms. The Labute approximate surface area is 86.2 Å². The van der Waals surface area contributed by atoms with E-state index in [1.54, 1.807) is 6.08 Å². The molecule has 80 valence electrons. The highest BCUT2D eigenvalue weighted by atomic mass is 16.2. The third kappa shape index (κ3) is 2.84. The third-order valence-corrected chi connectivity index (χ3v) is 2.73. The van der Waals surface area contributed by atoms with E-state index in [0.717, 1.165) is 32.5 Å². The van der Waals surface area contributed by atoms with Crippen LogP contribution in [0.3, 0.4) is 0 Å². The molecule has 0 unspecified atom stereocenters. The summed E-state index contributed by atoms with van der Waals surface area (Å²) >= 11 is 0. The molecule has 1 aliphatic rings. The summed E-state index contributed by atoms with van der Waals surface area (Å²) in [4.78, 5) is 13.7. The van der Waals surface area contributed by atoms with E-state index in [0.29, 0.717) is 12.5 Å². The van der Waals surface area contributed by atoms with Crippen LogP contribution in [0, 0.1) is 0 Å². The molecule has 3 nitrogen and oxygen atoms in total. The molecular weight excluding hydrogens is 176 g/mol. The zero-order valence-corrected chi connectivity index (χ0v) is 8.96. The van der Waals surface area contributed by atoms with E-state index in [4.69, 9.17) is 0 Å². The van der Waals surface area contributed by atoms with Crippen molar-refractivity contribution in [2.24, 2.45) is 0 Å². The highest BCUT2D eigenvalue weighted by Crippen LogP contribution is 2.12. The number of carbonyl (C=O) groups is 1. The van der Waals surface area contributed by atoms with Crippen molar-refractivity contribution in [2.75, 3.05) is 19.6 Å². The Kier molecular flexibility index (Phi) is 4.66. The molecule has 14 heavy (non-hydrogen) atoms. The first-order valence-corrected chi connectivity index (χ1v) is 5.40. The summed E-state index contributed by atoms with van der Waals surface area (Å²) in [6.45, 7) is 8.52. The van der Waals surface area contributed by atoms with Crippen LogP contribution < -0.4 is 5.32 Å². The van der Waals surface area contributed by atoms with Crippen molar-refractivity contribution in [3.63, 3.8) is 0 Å². The molecule has 0 bridgehead atoms. The quantitative estimate of drug-likeness (QED) is 0.684. The van der Waals surface area contributed by atoms with Crippen LogP contribution >= 0.6 is 0 Å². The van der Waals surface area contributed by atoms with Crippen molar-refractivity contribution < 1.29 is 4.79 Å².